The summed E-state index contributed by atoms with van der Waals surface area (Å²) in [5, 5.41) is 9.60. The van der Waals surface area contributed by atoms with Crippen LogP contribution in [0.15, 0.2) is 53.5 Å². The topological polar surface area (TPSA) is 68.8 Å². The van der Waals surface area contributed by atoms with E-state index in [2.05, 4.69) is 50.1 Å². The van der Waals surface area contributed by atoms with Crippen LogP contribution in [0.3, 0.4) is 0 Å². The maximum Gasteiger partial charge on any atom is 0.251 e. The van der Waals surface area contributed by atoms with Gasteiger partial charge in [0.2, 0.25) is 0 Å². The van der Waals surface area contributed by atoms with Gasteiger partial charge in [0.1, 0.15) is 0 Å². The van der Waals surface area contributed by atoms with Crippen molar-refractivity contribution in [1.29, 1.82) is 0 Å². The van der Waals surface area contributed by atoms with Gasteiger partial charge in [-0.3, -0.25) is 14.7 Å². The molecule has 0 spiro atoms. The quantitative estimate of drug-likeness (QED) is 0.252. The Labute approximate surface area is 209 Å². The molecule has 0 atom stereocenters. The van der Waals surface area contributed by atoms with Crippen LogP contribution >= 0.6 is 24.0 Å². The van der Waals surface area contributed by atoms with Gasteiger partial charge in [0.05, 0.1) is 0 Å². The van der Waals surface area contributed by atoms with E-state index in [1.54, 1.807) is 7.05 Å². The van der Waals surface area contributed by atoms with Crippen LogP contribution in [0.1, 0.15) is 53.2 Å². The summed E-state index contributed by atoms with van der Waals surface area (Å²) in [5.74, 6) is 0.710. The molecular formula is C25H36IN5O. The van der Waals surface area contributed by atoms with Crippen molar-refractivity contribution in [1.82, 2.24) is 20.9 Å². The first kappa shape index (κ1) is 26.1. The van der Waals surface area contributed by atoms with Crippen molar-refractivity contribution < 1.29 is 4.79 Å². The molecule has 0 bridgehead atoms. The van der Waals surface area contributed by atoms with Gasteiger partial charge < -0.3 is 16.0 Å². The van der Waals surface area contributed by atoms with Crippen molar-refractivity contribution in [3.63, 3.8) is 0 Å². The Morgan fingerprint density at radius 1 is 0.938 bits per heavy atom. The number of carbonyl (C=O) groups excluding carboxylic acids is 1. The van der Waals surface area contributed by atoms with Crippen LogP contribution in [0.2, 0.25) is 0 Å². The molecule has 174 valence electrons. The molecule has 1 fully saturated rings. The maximum atomic E-state index is 12.2. The first-order valence-corrected chi connectivity index (χ1v) is 11.3. The third-order valence-corrected chi connectivity index (χ3v) is 5.50. The van der Waals surface area contributed by atoms with Crippen LogP contribution in [-0.4, -0.2) is 43.4 Å². The second kappa shape index (κ2) is 14.1. The first-order chi connectivity index (χ1) is 15.2. The summed E-state index contributed by atoms with van der Waals surface area (Å²) in [6.07, 6.45) is 3.57. The van der Waals surface area contributed by atoms with E-state index in [1.165, 1.54) is 37.1 Å². The van der Waals surface area contributed by atoms with Gasteiger partial charge in [-0.15, -0.1) is 24.0 Å². The zero-order valence-corrected chi connectivity index (χ0v) is 21.5. The predicted octanol–water partition coefficient (Wildman–Crippen LogP) is 3.91. The molecule has 0 unspecified atom stereocenters. The SMILES string of the molecule is CCCNC(=O)c1cccc(CNC(=NC)NCc2ccc(CN3CCCC3)cc2)c1.I. The molecule has 32 heavy (non-hydrogen) atoms. The summed E-state index contributed by atoms with van der Waals surface area (Å²) >= 11 is 0. The third kappa shape index (κ3) is 8.43. The van der Waals surface area contributed by atoms with Crippen LogP contribution < -0.4 is 16.0 Å². The zero-order valence-electron chi connectivity index (χ0n) is 19.2. The van der Waals surface area contributed by atoms with Gasteiger partial charge in [-0.25, -0.2) is 0 Å². The van der Waals surface area contributed by atoms with E-state index >= 15 is 0 Å². The molecule has 0 aromatic heterocycles. The molecule has 3 N–H and O–H groups in total. The summed E-state index contributed by atoms with van der Waals surface area (Å²) in [5.41, 5.74) is 4.32. The average molecular weight is 550 g/mol. The Balaban J connectivity index is 0.00000363. The number of carbonyl (C=O) groups is 1. The number of nitrogens with zero attached hydrogens (tertiary/aromatic N) is 2. The van der Waals surface area contributed by atoms with Crippen molar-refractivity contribution >= 4 is 35.8 Å². The molecule has 7 heteroatoms. The molecule has 2 aromatic carbocycles. The number of halogens is 1. The number of hydrogen-bond acceptors (Lipinski definition) is 3. The highest BCUT2D eigenvalue weighted by Gasteiger charge is 2.11. The molecule has 0 saturated carbocycles. The van der Waals surface area contributed by atoms with Crippen LogP contribution in [0.25, 0.3) is 0 Å². The number of nitrogens with one attached hydrogen (secondary N) is 3. The average Bonchev–Trinajstić information content (AvgIpc) is 3.32. The minimum atomic E-state index is -0.0283. The van der Waals surface area contributed by atoms with Crippen molar-refractivity contribution in [3.8, 4) is 0 Å². The van der Waals surface area contributed by atoms with Crippen LogP contribution in [-0.2, 0) is 19.6 Å². The van der Waals surface area contributed by atoms with Gasteiger partial charge in [-0.2, -0.15) is 0 Å². The summed E-state index contributed by atoms with van der Waals surface area (Å²) < 4.78 is 0. The molecule has 0 aliphatic carbocycles. The number of hydrogen-bond donors (Lipinski definition) is 3. The van der Waals surface area contributed by atoms with Gasteiger partial charge in [-0.1, -0.05) is 43.3 Å². The van der Waals surface area contributed by atoms with Crippen molar-refractivity contribution in [2.45, 2.75) is 45.8 Å². The molecule has 1 amide bonds. The number of rotatable bonds is 9. The fourth-order valence-corrected chi connectivity index (χ4v) is 3.72. The van der Waals surface area contributed by atoms with Crippen LogP contribution in [0.4, 0.5) is 0 Å². The minimum absolute atomic E-state index is 0. The highest BCUT2D eigenvalue weighted by molar-refractivity contribution is 14.0. The Hall–Kier alpha value is -2.13. The van der Waals surface area contributed by atoms with E-state index in [0.717, 1.165) is 24.5 Å². The lowest BCUT2D eigenvalue weighted by Gasteiger charge is -2.15. The lowest BCUT2D eigenvalue weighted by atomic mass is 10.1. The minimum Gasteiger partial charge on any atom is -0.352 e. The van der Waals surface area contributed by atoms with Gasteiger partial charge in [0, 0.05) is 38.8 Å². The Bertz CT molecular complexity index is 863. The molecule has 1 heterocycles. The lowest BCUT2D eigenvalue weighted by molar-refractivity contribution is 0.0953. The summed E-state index contributed by atoms with van der Waals surface area (Å²) in [6, 6.07) is 16.5. The fraction of sp³-hybridized carbons (Fsp3) is 0.440. The summed E-state index contributed by atoms with van der Waals surface area (Å²) in [6.45, 7) is 7.54. The van der Waals surface area contributed by atoms with Crippen molar-refractivity contribution in [2.75, 3.05) is 26.7 Å². The van der Waals surface area contributed by atoms with E-state index in [1.807, 2.05) is 31.2 Å². The number of guanidine groups is 1. The highest BCUT2D eigenvalue weighted by Crippen LogP contribution is 2.13. The standard InChI is InChI=1S/C25H35N5O.HI/c1-3-13-27-24(31)23-8-6-7-22(16-23)18-29-25(26-2)28-17-20-9-11-21(12-10-20)19-30-14-4-5-15-30;/h6-12,16H,3-5,13-15,17-19H2,1-2H3,(H,27,31)(H2,26,28,29);1H. The second-order valence-corrected chi connectivity index (χ2v) is 8.04. The largest absolute Gasteiger partial charge is 0.352 e. The Morgan fingerprint density at radius 3 is 2.25 bits per heavy atom. The molecule has 1 saturated heterocycles. The summed E-state index contributed by atoms with van der Waals surface area (Å²) in [4.78, 5) is 19.0. The van der Waals surface area contributed by atoms with Gasteiger partial charge in [0.25, 0.3) is 5.91 Å². The smallest absolute Gasteiger partial charge is 0.251 e. The van der Waals surface area contributed by atoms with Gasteiger partial charge in [-0.05, 0) is 61.2 Å². The zero-order chi connectivity index (χ0) is 21.9. The molecule has 2 aromatic rings. The van der Waals surface area contributed by atoms with E-state index in [4.69, 9.17) is 0 Å². The highest BCUT2D eigenvalue weighted by atomic mass is 127. The molecule has 3 rings (SSSR count). The molecule has 1 aliphatic rings. The van der Waals surface area contributed by atoms with Crippen molar-refractivity contribution in [3.05, 3.63) is 70.8 Å². The molecule has 6 nitrogen and oxygen atoms in total. The first-order valence-electron chi connectivity index (χ1n) is 11.3. The Kier molecular flexibility index (Phi) is 11.5. The fourth-order valence-electron chi connectivity index (χ4n) is 3.72. The molecule has 1 aliphatic heterocycles. The molecular weight excluding hydrogens is 513 g/mol. The normalized spacial score (nSPS) is 14.0. The van der Waals surface area contributed by atoms with Crippen molar-refractivity contribution in [2.24, 2.45) is 4.99 Å². The maximum absolute atomic E-state index is 12.2. The number of benzene rings is 2. The number of amides is 1. The van der Waals surface area contributed by atoms with E-state index < -0.39 is 0 Å². The monoisotopic (exact) mass is 549 g/mol. The van der Waals surface area contributed by atoms with Crippen LogP contribution in [0.5, 0.6) is 0 Å². The van der Waals surface area contributed by atoms with E-state index in [9.17, 15) is 4.79 Å². The summed E-state index contributed by atoms with van der Waals surface area (Å²) in [7, 11) is 1.77. The number of aliphatic imine (C=N–C) groups is 1. The van der Waals surface area contributed by atoms with Crippen LogP contribution in [0, 0.1) is 0 Å². The number of likely N-dealkylation sites (tertiary alicyclic amines) is 1. The third-order valence-electron chi connectivity index (χ3n) is 5.50. The Morgan fingerprint density at radius 2 is 1.59 bits per heavy atom. The molecule has 0 radical (unpaired) electrons. The lowest BCUT2D eigenvalue weighted by Crippen LogP contribution is -2.36. The predicted molar refractivity (Wildman–Crippen MR) is 142 cm³/mol. The van der Waals surface area contributed by atoms with E-state index in [-0.39, 0.29) is 29.9 Å². The van der Waals surface area contributed by atoms with Gasteiger partial charge >= 0.3 is 0 Å². The second-order valence-electron chi connectivity index (χ2n) is 8.04. The van der Waals surface area contributed by atoms with E-state index in [0.29, 0.717) is 25.2 Å². The van der Waals surface area contributed by atoms with Gasteiger partial charge in [0.15, 0.2) is 5.96 Å².